The van der Waals surface area contributed by atoms with Gasteiger partial charge < -0.3 is 0 Å². The van der Waals surface area contributed by atoms with Gasteiger partial charge in [-0.15, -0.1) is 0 Å². The van der Waals surface area contributed by atoms with E-state index in [4.69, 9.17) is 0 Å². The van der Waals surface area contributed by atoms with Crippen LogP contribution in [0, 0.1) is 0 Å². The Hall–Kier alpha value is -1.21. The van der Waals surface area contributed by atoms with Crippen molar-refractivity contribution in [2.45, 2.75) is 11.8 Å². The van der Waals surface area contributed by atoms with Crippen molar-refractivity contribution in [1.29, 1.82) is 0 Å². The molecule has 0 saturated carbocycles. The maximum absolute atomic E-state index is 3.86. The quantitative estimate of drug-likeness (QED) is 0.664. The number of hydrogen-bond acceptors (Lipinski definition) is 0. The molecule has 0 atom stereocenters. The maximum Gasteiger partial charge on any atom is -0.0106 e. The fourth-order valence-electron chi connectivity index (χ4n) is 1.54. The molecule has 0 unspecified atom stereocenters. The zero-order valence-corrected chi connectivity index (χ0v) is 12.1. The van der Waals surface area contributed by atoms with E-state index in [2.05, 4.69) is 55.7 Å². The van der Waals surface area contributed by atoms with Crippen molar-refractivity contribution in [1.82, 2.24) is 0 Å². The van der Waals surface area contributed by atoms with Crippen molar-refractivity contribution in [3.63, 3.8) is 0 Å². The van der Waals surface area contributed by atoms with Crippen LogP contribution in [0.25, 0.3) is 5.57 Å². The largest absolute Gasteiger partial charge is 0.223 e. The summed E-state index contributed by atoms with van der Waals surface area (Å²) in [4.78, 5) is 1.44. The lowest BCUT2D eigenvalue weighted by Crippen LogP contribution is -1.92. The molecule has 0 aromatic heterocycles. The van der Waals surface area contributed by atoms with Gasteiger partial charge in [0, 0.05) is 0 Å². The molecule has 0 fully saturated rings. The zero-order chi connectivity index (χ0) is 12.9. The third-order valence-electron chi connectivity index (χ3n) is 2.58. The van der Waals surface area contributed by atoms with Gasteiger partial charge in [0.15, 0.2) is 0 Å². The van der Waals surface area contributed by atoms with Crippen LogP contribution in [0.3, 0.4) is 0 Å². The molecule has 0 bridgehead atoms. The molecule has 0 heterocycles. The topological polar surface area (TPSA) is 0 Å². The molecule has 17 heavy (non-hydrogen) atoms. The smallest absolute Gasteiger partial charge is 0.0106 e. The summed E-state index contributed by atoms with van der Waals surface area (Å²) in [6, 6.07) is 8.84. The normalized spacial score (nSPS) is 14.0. The Balaban J connectivity index is 3.05. The molecule has 0 amide bonds. The Morgan fingerprint density at radius 2 is 1.71 bits per heavy atom. The van der Waals surface area contributed by atoms with Gasteiger partial charge in [-0.05, 0) is 53.9 Å². The minimum absolute atomic E-state index is 0.628. The van der Waals surface area contributed by atoms with Crippen LogP contribution >= 0.6 is 10.0 Å². The predicted octanol–water partition coefficient (Wildman–Crippen LogP) is 4.89. The van der Waals surface area contributed by atoms with E-state index in [9.17, 15) is 0 Å². The highest BCUT2D eigenvalue weighted by Gasteiger charge is 2.07. The summed E-state index contributed by atoms with van der Waals surface area (Å²) < 4.78 is 0. The SMILES string of the molecule is C=C/C(=C\C=C/C)c1ccc(S(C)(C)C)cc1. The van der Waals surface area contributed by atoms with Crippen LogP contribution in [-0.4, -0.2) is 18.8 Å². The minimum atomic E-state index is -0.628. The highest BCUT2D eigenvalue weighted by molar-refractivity contribution is 8.32. The number of benzene rings is 1. The van der Waals surface area contributed by atoms with Gasteiger partial charge in [0.05, 0.1) is 0 Å². The lowest BCUT2D eigenvalue weighted by Gasteiger charge is -2.25. The average molecular weight is 246 g/mol. The Morgan fingerprint density at radius 3 is 2.12 bits per heavy atom. The highest BCUT2D eigenvalue weighted by atomic mass is 32.3. The molecule has 92 valence electrons. The van der Waals surface area contributed by atoms with Crippen molar-refractivity contribution in [2.75, 3.05) is 18.8 Å². The Labute approximate surface area is 107 Å². The van der Waals surface area contributed by atoms with Crippen LogP contribution in [0.1, 0.15) is 12.5 Å². The number of hydrogen-bond donors (Lipinski definition) is 0. The summed E-state index contributed by atoms with van der Waals surface area (Å²) in [5, 5.41) is 0. The molecule has 0 aliphatic carbocycles. The minimum Gasteiger partial charge on any atom is -0.223 e. The van der Waals surface area contributed by atoms with E-state index in [0.717, 1.165) is 0 Å². The molecule has 1 aromatic carbocycles. The summed E-state index contributed by atoms with van der Waals surface area (Å²) in [6.07, 6.45) is 15.0. The highest BCUT2D eigenvalue weighted by Crippen LogP contribution is 2.45. The molecule has 0 aliphatic heterocycles. The van der Waals surface area contributed by atoms with Crippen molar-refractivity contribution in [2.24, 2.45) is 0 Å². The summed E-state index contributed by atoms with van der Waals surface area (Å²) in [6.45, 7) is 5.88. The van der Waals surface area contributed by atoms with Gasteiger partial charge in [-0.2, -0.15) is 0 Å². The van der Waals surface area contributed by atoms with E-state index < -0.39 is 10.0 Å². The fraction of sp³-hybridized carbons (Fsp3) is 0.250. The zero-order valence-electron chi connectivity index (χ0n) is 11.2. The summed E-state index contributed by atoms with van der Waals surface area (Å²) in [7, 11) is -0.628. The predicted molar refractivity (Wildman–Crippen MR) is 83.1 cm³/mol. The molecule has 0 N–H and O–H groups in total. The van der Waals surface area contributed by atoms with Gasteiger partial charge in [0.2, 0.25) is 0 Å². The second kappa shape index (κ2) is 5.92. The molecular formula is C16H22S. The van der Waals surface area contributed by atoms with Crippen molar-refractivity contribution >= 4 is 15.6 Å². The van der Waals surface area contributed by atoms with Gasteiger partial charge >= 0.3 is 0 Å². The van der Waals surface area contributed by atoms with Gasteiger partial charge in [-0.3, -0.25) is 0 Å². The molecular weight excluding hydrogens is 224 g/mol. The van der Waals surface area contributed by atoms with E-state index in [0.29, 0.717) is 0 Å². The van der Waals surface area contributed by atoms with Crippen LogP contribution in [0.5, 0.6) is 0 Å². The van der Waals surface area contributed by atoms with Crippen LogP contribution in [0.2, 0.25) is 0 Å². The molecule has 1 heteroatoms. The Kier molecular flexibility index (Phi) is 4.83. The van der Waals surface area contributed by atoms with Gasteiger partial charge in [-0.1, -0.05) is 43.0 Å². The molecule has 1 aromatic rings. The molecule has 0 spiro atoms. The second-order valence-corrected chi connectivity index (χ2v) is 8.86. The molecule has 0 radical (unpaired) electrons. The first-order valence-corrected chi connectivity index (χ1v) is 8.59. The molecule has 0 saturated heterocycles. The standard InChI is InChI=1S/C16H22S/c1-6-8-9-14(7-2)15-10-12-16(13-11-15)17(3,4)5/h6-13H,2H2,1,3-5H3/b8-6-,14-9+. The molecule has 0 nitrogen and oxygen atoms in total. The number of allylic oxidation sites excluding steroid dienone is 5. The molecule has 1 rings (SSSR count). The van der Waals surface area contributed by atoms with E-state index in [1.165, 1.54) is 16.0 Å². The van der Waals surface area contributed by atoms with Crippen molar-refractivity contribution < 1.29 is 0 Å². The third kappa shape index (κ3) is 3.94. The van der Waals surface area contributed by atoms with Gasteiger partial charge in [-0.25, -0.2) is 10.0 Å². The van der Waals surface area contributed by atoms with Crippen LogP contribution < -0.4 is 0 Å². The second-order valence-electron chi connectivity index (χ2n) is 4.71. The fourth-order valence-corrected chi connectivity index (χ4v) is 2.49. The van der Waals surface area contributed by atoms with Crippen molar-refractivity contribution in [3.05, 3.63) is 60.7 Å². The van der Waals surface area contributed by atoms with Gasteiger partial charge in [0.1, 0.15) is 0 Å². The summed E-state index contributed by atoms with van der Waals surface area (Å²) >= 11 is 0. The first kappa shape index (κ1) is 13.9. The van der Waals surface area contributed by atoms with Crippen molar-refractivity contribution in [3.8, 4) is 0 Å². The monoisotopic (exact) mass is 246 g/mol. The first-order chi connectivity index (χ1) is 7.99. The van der Waals surface area contributed by atoms with Crippen LogP contribution in [0.4, 0.5) is 0 Å². The van der Waals surface area contributed by atoms with E-state index in [1.54, 1.807) is 0 Å². The van der Waals surface area contributed by atoms with E-state index in [-0.39, 0.29) is 0 Å². The van der Waals surface area contributed by atoms with Crippen LogP contribution in [-0.2, 0) is 0 Å². The van der Waals surface area contributed by atoms with Crippen LogP contribution in [0.15, 0.2) is 60.0 Å². The van der Waals surface area contributed by atoms with E-state index >= 15 is 0 Å². The van der Waals surface area contributed by atoms with E-state index in [1.807, 2.05) is 25.2 Å². The lowest BCUT2D eigenvalue weighted by molar-refractivity contribution is 1.42. The molecule has 0 aliphatic rings. The Bertz CT molecular complexity index is 428. The first-order valence-electron chi connectivity index (χ1n) is 5.73. The maximum atomic E-state index is 3.86. The van der Waals surface area contributed by atoms with Gasteiger partial charge in [0.25, 0.3) is 0 Å². The third-order valence-corrected chi connectivity index (χ3v) is 4.27. The Morgan fingerprint density at radius 1 is 1.12 bits per heavy atom. The summed E-state index contributed by atoms with van der Waals surface area (Å²) in [5.41, 5.74) is 2.39. The average Bonchev–Trinajstić information content (AvgIpc) is 2.29. The summed E-state index contributed by atoms with van der Waals surface area (Å²) in [5.74, 6) is 0. The lowest BCUT2D eigenvalue weighted by atomic mass is 10.1. The number of rotatable bonds is 4.